The van der Waals surface area contributed by atoms with E-state index < -0.39 is 0 Å². The molecule has 0 aromatic heterocycles. The number of benzene rings is 1. The molecule has 5 N–H and O–H groups in total. The first-order chi connectivity index (χ1) is 11.5. The van der Waals surface area contributed by atoms with E-state index in [1.54, 1.807) is 0 Å². The van der Waals surface area contributed by atoms with E-state index in [0.717, 1.165) is 55.0 Å². The van der Waals surface area contributed by atoms with Gasteiger partial charge >= 0.3 is 0 Å². The molecule has 0 amide bonds. The van der Waals surface area contributed by atoms with Crippen molar-refractivity contribution in [2.45, 2.75) is 6.42 Å². The minimum atomic E-state index is 0.0607. The van der Waals surface area contributed by atoms with E-state index >= 15 is 0 Å². The third-order valence-corrected chi connectivity index (χ3v) is 4.95. The van der Waals surface area contributed by atoms with Crippen molar-refractivity contribution in [1.29, 1.82) is 0 Å². The highest BCUT2D eigenvalue weighted by atomic mass is 35.5. The number of nitrogens with zero attached hydrogens (tertiary/aromatic N) is 2. The summed E-state index contributed by atoms with van der Waals surface area (Å²) in [6.07, 6.45) is 2.62. The first-order valence-corrected chi connectivity index (χ1v) is 8.58. The fourth-order valence-electron chi connectivity index (χ4n) is 3.47. The average Bonchev–Trinajstić information content (AvgIpc) is 3.10. The van der Waals surface area contributed by atoms with Gasteiger partial charge in [0.15, 0.2) is 5.96 Å². The van der Waals surface area contributed by atoms with E-state index in [4.69, 9.17) is 23.1 Å². The zero-order valence-electron chi connectivity index (χ0n) is 13.7. The largest absolute Gasteiger partial charge is 0.371 e. The minimum Gasteiger partial charge on any atom is -0.371 e. The average molecular weight is 346 g/mol. The van der Waals surface area contributed by atoms with Crippen LogP contribution in [0.25, 0.3) is 0 Å². The molecule has 0 spiro atoms. The number of rotatable bonds is 5. The number of halogens is 1. The molecule has 2 heterocycles. The Morgan fingerprint density at radius 3 is 2.46 bits per heavy atom. The molecule has 0 saturated carbocycles. The third kappa shape index (κ3) is 4.10. The fraction of sp³-hybridized carbons (Fsp3) is 0.389. The highest BCUT2D eigenvalue weighted by Crippen LogP contribution is 2.29. The summed E-state index contributed by atoms with van der Waals surface area (Å²) in [5.41, 5.74) is 14.1. The van der Waals surface area contributed by atoms with Crippen LogP contribution in [0.1, 0.15) is 5.56 Å². The summed E-state index contributed by atoms with van der Waals surface area (Å²) in [5, 5.41) is 4.17. The van der Waals surface area contributed by atoms with Gasteiger partial charge in [-0.05, 0) is 35.6 Å². The molecule has 128 valence electrons. The SMILES string of the molecule is C=C(/C=C(/Cc1ccc(Cl)cc1)N=C(N)N)N1CC2CNCC2C1. The quantitative estimate of drug-likeness (QED) is 0.431. The Morgan fingerprint density at radius 1 is 1.25 bits per heavy atom. The van der Waals surface area contributed by atoms with E-state index in [1.807, 2.05) is 30.3 Å². The summed E-state index contributed by atoms with van der Waals surface area (Å²) in [5.74, 6) is 1.50. The van der Waals surface area contributed by atoms with Crippen LogP contribution in [0.15, 0.2) is 53.3 Å². The van der Waals surface area contributed by atoms with Crippen molar-refractivity contribution in [3.63, 3.8) is 0 Å². The standard InChI is InChI=1S/C18H24ClN5/c1-12(24-10-14-8-22-9-15(14)11-24)6-17(23-18(20)21)7-13-2-4-16(19)5-3-13/h2-6,14-15,22H,1,7-11H2,(H4,20,21,23)/b17-6-. The number of hydrogen-bond donors (Lipinski definition) is 3. The second-order valence-corrected chi connectivity index (χ2v) is 6.99. The number of fused-ring (bicyclic) bond motifs is 1. The Hall–Kier alpha value is -1.98. The fourth-order valence-corrected chi connectivity index (χ4v) is 3.60. The Kier molecular flexibility index (Phi) is 5.11. The van der Waals surface area contributed by atoms with Gasteiger partial charge < -0.3 is 21.7 Å². The van der Waals surface area contributed by atoms with Crippen LogP contribution < -0.4 is 16.8 Å². The summed E-state index contributed by atoms with van der Waals surface area (Å²) in [4.78, 5) is 6.61. The van der Waals surface area contributed by atoms with Gasteiger partial charge in [-0.15, -0.1) is 0 Å². The van der Waals surface area contributed by atoms with E-state index in [2.05, 4.69) is 21.8 Å². The molecule has 1 aromatic carbocycles. The molecule has 0 aliphatic carbocycles. The normalized spacial score (nSPS) is 23.2. The molecule has 2 fully saturated rings. The molecule has 2 atom stereocenters. The van der Waals surface area contributed by atoms with E-state index in [-0.39, 0.29) is 5.96 Å². The van der Waals surface area contributed by atoms with Crippen molar-refractivity contribution in [1.82, 2.24) is 10.2 Å². The molecular weight excluding hydrogens is 322 g/mol. The van der Waals surface area contributed by atoms with Gasteiger partial charge in [0.1, 0.15) is 0 Å². The number of hydrogen-bond acceptors (Lipinski definition) is 3. The number of nitrogens with two attached hydrogens (primary N) is 2. The lowest BCUT2D eigenvalue weighted by molar-refractivity contribution is 0.403. The number of likely N-dealkylation sites (tertiary alicyclic amines) is 1. The molecule has 0 bridgehead atoms. The third-order valence-electron chi connectivity index (χ3n) is 4.70. The van der Waals surface area contributed by atoms with E-state index in [9.17, 15) is 0 Å². The van der Waals surface area contributed by atoms with Crippen LogP contribution in [0.3, 0.4) is 0 Å². The molecule has 2 aliphatic rings. The number of nitrogens with one attached hydrogen (secondary N) is 1. The minimum absolute atomic E-state index is 0.0607. The second-order valence-electron chi connectivity index (χ2n) is 6.55. The van der Waals surface area contributed by atoms with Crippen LogP contribution in [-0.4, -0.2) is 37.0 Å². The zero-order valence-corrected chi connectivity index (χ0v) is 14.5. The summed E-state index contributed by atoms with van der Waals surface area (Å²) in [6.45, 7) is 8.52. The topological polar surface area (TPSA) is 79.7 Å². The summed E-state index contributed by atoms with van der Waals surface area (Å²) in [6, 6.07) is 7.70. The van der Waals surface area contributed by atoms with Gasteiger partial charge in [0, 0.05) is 43.3 Å². The highest BCUT2D eigenvalue weighted by Gasteiger charge is 2.36. The Morgan fingerprint density at radius 2 is 1.88 bits per heavy atom. The smallest absolute Gasteiger partial charge is 0.190 e. The molecule has 0 radical (unpaired) electrons. The van der Waals surface area contributed by atoms with Crippen LogP contribution >= 0.6 is 11.6 Å². The second kappa shape index (κ2) is 7.28. The van der Waals surface area contributed by atoms with Crippen molar-refractivity contribution in [2.24, 2.45) is 28.3 Å². The summed E-state index contributed by atoms with van der Waals surface area (Å²) < 4.78 is 0. The first-order valence-electron chi connectivity index (χ1n) is 8.20. The predicted octanol–water partition coefficient (Wildman–Crippen LogP) is 1.70. The Labute approximate surface area is 148 Å². The summed E-state index contributed by atoms with van der Waals surface area (Å²) in [7, 11) is 0. The van der Waals surface area contributed by atoms with Crippen LogP contribution in [0, 0.1) is 11.8 Å². The van der Waals surface area contributed by atoms with E-state index in [0.29, 0.717) is 11.4 Å². The van der Waals surface area contributed by atoms with Gasteiger partial charge in [-0.1, -0.05) is 30.3 Å². The Bertz CT molecular complexity index is 648. The number of aliphatic imine (C=N–C) groups is 1. The maximum atomic E-state index is 5.94. The van der Waals surface area contributed by atoms with Crippen molar-refractivity contribution in [3.05, 3.63) is 58.9 Å². The van der Waals surface area contributed by atoms with Gasteiger partial charge in [0.25, 0.3) is 0 Å². The maximum absolute atomic E-state index is 5.94. The van der Waals surface area contributed by atoms with Crippen LogP contribution in [0.2, 0.25) is 5.02 Å². The van der Waals surface area contributed by atoms with Gasteiger partial charge in [-0.25, -0.2) is 4.99 Å². The first kappa shape index (κ1) is 16.9. The molecule has 2 unspecified atom stereocenters. The van der Waals surface area contributed by atoms with E-state index in [1.165, 1.54) is 0 Å². The van der Waals surface area contributed by atoms with Gasteiger partial charge in [0.2, 0.25) is 0 Å². The monoisotopic (exact) mass is 345 g/mol. The van der Waals surface area contributed by atoms with Crippen molar-refractivity contribution >= 4 is 17.6 Å². The molecule has 5 nitrogen and oxygen atoms in total. The van der Waals surface area contributed by atoms with Crippen LogP contribution in [0.5, 0.6) is 0 Å². The lowest BCUT2D eigenvalue weighted by atomic mass is 10.0. The zero-order chi connectivity index (χ0) is 17.1. The van der Waals surface area contributed by atoms with Crippen LogP contribution in [0.4, 0.5) is 0 Å². The van der Waals surface area contributed by atoms with Gasteiger partial charge in [-0.3, -0.25) is 0 Å². The van der Waals surface area contributed by atoms with Gasteiger partial charge in [-0.2, -0.15) is 0 Å². The number of allylic oxidation sites excluding steroid dienone is 2. The van der Waals surface area contributed by atoms with Crippen molar-refractivity contribution < 1.29 is 0 Å². The highest BCUT2D eigenvalue weighted by molar-refractivity contribution is 6.30. The molecule has 2 aliphatic heterocycles. The summed E-state index contributed by atoms with van der Waals surface area (Å²) >= 11 is 5.94. The molecule has 3 rings (SSSR count). The molecular formula is C18H24ClN5. The van der Waals surface area contributed by atoms with Gasteiger partial charge in [0.05, 0.1) is 5.70 Å². The molecule has 2 saturated heterocycles. The maximum Gasteiger partial charge on any atom is 0.190 e. The van der Waals surface area contributed by atoms with Crippen LogP contribution in [-0.2, 0) is 6.42 Å². The van der Waals surface area contributed by atoms with Crippen molar-refractivity contribution in [3.8, 4) is 0 Å². The lowest BCUT2D eigenvalue weighted by Crippen LogP contribution is -2.25. The van der Waals surface area contributed by atoms with Crippen molar-refractivity contribution in [2.75, 3.05) is 26.2 Å². The Balaban J connectivity index is 1.72. The molecule has 1 aromatic rings. The predicted molar refractivity (Wildman–Crippen MR) is 99.6 cm³/mol. The lowest BCUT2D eigenvalue weighted by Gasteiger charge is -2.20. The number of guanidine groups is 1. The molecule has 24 heavy (non-hydrogen) atoms. The molecule has 6 heteroatoms.